The lowest BCUT2D eigenvalue weighted by Crippen LogP contribution is -2.32. The van der Waals surface area contributed by atoms with Crippen LogP contribution in [0.5, 0.6) is 17.2 Å². The molecule has 0 aliphatic heterocycles. The van der Waals surface area contributed by atoms with Crippen molar-refractivity contribution in [3.63, 3.8) is 0 Å². The van der Waals surface area contributed by atoms with Crippen LogP contribution in [0.2, 0.25) is 0 Å². The predicted octanol–water partition coefficient (Wildman–Crippen LogP) is 2.76. The number of nitrogens with zero attached hydrogens (tertiary/aromatic N) is 3. The van der Waals surface area contributed by atoms with Gasteiger partial charge in [-0.25, -0.2) is 9.36 Å². The Balaban J connectivity index is 1.88. The highest BCUT2D eigenvalue weighted by atomic mass is 32.2. The van der Waals surface area contributed by atoms with Gasteiger partial charge in [0.25, 0.3) is 0 Å². The Morgan fingerprint density at radius 1 is 1.18 bits per heavy atom. The van der Waals surface area contributed by atoms with E-state index in [-0.39, 0.29) is 59.7 Å². The number of carbonyl (C=O) groups excluding carboxylic acids is 2. The van der Waals surface area contributed by atoms with Crippen molar-refractivity contribution in [2.45, 2.75) is 24.4 Å². The fourth-order valence-corrected chi connectivity index (χ4v) is 4.57. The van der Waals surface area contributed by atoms with Gasteiger partial charge in [-0.2, -0.15) is 13.8 Å². The van der Waals surface area contributed by atoms with Crippen LogP contribution in [0.25, 0.3) is 11.0 Å². The molecular formula is C23H26F2N4O8S. The van der Waals surface area contributed by atoms with Crippen LogP contribution >= 0.6 is 0 Å². The SMILES string of the molecule is CCOC(=O)OCCNCC(=O)n1c([S+]([O-])Cc2nccc(OC)c2OC)nc2ccc(OC(F)F)cc21. The summed E-state index contributed by atoms with van der Waals surface area (Å²) in [6.45, 7) is -1.52. The summed E-state index contributed by atoms with van der Waals surface area (Å²) in [5.74, 6) is -0.328. The molecule has 1 atom stereocenters. The summed E-state index contributed by atoms with van der Waals surface area (Å²) in [6.07, 6.45) is 0.616. The second-order valence-corrected chi connectivity index (χ2v) is 8.69. The third-order valence-electron chi connectivity index (χ3n) is 4.94. The van der Waals surface area contributed by atoms with E-state index in [1.807, 2.05) is 0 Å². The average molecular weight is 557 g/mol. The number of hydrogen-bond donors (Lipinski definition) is 1. The van der Waals surface area contributed by atoms with Crippen molar-refractivity contribution in [1.29, 1.82) is 0 Å². The Morgan fingerprint density at radius 2 is 1.97 bits per heavy atom. The van der Waals surface area contributed by atoms with Crippen LogP contribution in [0.4, 0.5) is 13.6 Å². The van der Waals surface area contributed by atoms with Gasteiger partial charge in [-0.1, -0.05) is 0 Å². The number of aromatic nitrogens is 3. The summed E-state index contributed by atoms with van der Waals surface area (Å²) in [7, 11) is 2.85. The quantitative estimate of drug-likeness (QED) is 0.188. The monoisotopic (exact) mass is 556 g/mol. The number of ether oxygens (including phenoxy) is 5. The molecule has 1 N–H and O–H groups in total. The van der Waals surface area contributed by atoms with Crippen LogP contribution in [0.1, 0.15) is 17.4 Å². The second kappa shape index (κ2) is 13.7. The normalized spacial score (nSPS) is 11.9. The maximum Gasteiger partial charge on any atom is 0.508 e. The number of methoxy groups -OCH3 is 2. The van der Waals surface area contributed by atoms with Gasteiger partial charge in [-0.05, 0) is 19.1 Å². The van der Waals surface area contributed by atoms with Crippen molar-refractivity contribution in [1.82, 2.24) is 19.9 Å². The molecule has 2 heterocycles. The van der Waals surface area contributed by atoms with Gasteiger partial charge in [0.2, 0.25) is 5.91 Å². The molecule has 3 aromatic rings. The molecule has 0 spiro atoms. The molecule has 2 aromatic heterocycles. The Hall–Kier alpha value is -3.69. The highest BCUT2D eigenvalue weighted by Crippen LogP contribution is 2.32. The molecule has 0 saturated carbocycles. The molecule has 0 aliphatic rings. The number of fused-ring (bicyclic) bond motifs is 1. The zero-order valence-electron chi connectivity index (χ0n) is 20.8. The molecule has 0 saturated heterocycles. The molecule has 3 rings (SSSR count). The van der Waals surface area contributed by atoms with Crippen LogP contribution in [0.3, 0.4) is 0 Å². The summed E-state index contributed by atoms with van der Waals surface area (Å²) in [6, 6.07) is 5.43. The molecule has 15 heteroatoms. The number of imidazole rings is 1. The minimum absolute atomic E-state index is 0.0662. The van der Waals surface area contributed by atoms with Gasteiger partial charge in [0, 0.05) is 36.1 Å². The maximum absolute atomic E-state index is 13.4. The van der Waals surface area contributed by atoms with Crippen molar-refractivity contribution in [2.24, 2.45) is 0 Å². The van der Waals surface area contributed by atoms with Gasteiger partial charge in [0.15, 0.2) is 17.3 Å². The highest BCUT2D eigenvalue weighted by molar-refractivity contribution is 7.90. The lowest BCUT2D eigenvalue weighted by Gasteiger charge is -2.14. The molecule has 206 valence electrons. The Labute approximate surface area is 219 Å². The smallest absolute Gasteiger partial charge is 0.508 e. The lowest BCUT2D eigenvalue weighted by molar-refractivity contribution is -0.0497. The van der Waals surface area contributed by atoms with Crippen LogP contribution in [0.15, 0.2) is 35.6 Å². The van der Waals surface area contributed by atoms with E-state index in [1.165, 1.54) is 38.6 Å². The zero-order chi connectivity index (χ0) is 27.7. The predicted molar refractivity (Wildman–Crippen MR) is 130 cm³/mol. The van der Waals surface area contributed by atoms with Crippen LogP contribution < -0.4 is 19.5 Å². The minimum atomic E-state index is -3.08. The van der Waals surface area contributed by atoms with E-state index in [9.17, 15) is 22.9 Å². The summed E-state index contributed by atoms with van der Waals surface area (Å²) in [5.41, 5.74) is 0.651. The van der Waals surface area contributed by atoms with Crippen molar-refractivity contribution in [2.75, 3.05) is 40.5 Å². The molecule has 12 nitrogen and oxygen atoms in total. The van der Waals surface area contributed by atoms with Crippen LogP contribution in [0, 0.1) is 0 Å². The van der Waals surface area contributed by atoms with E-state index in [0.29, 0.717) is 11.4 Å². The Bertz CT molecular complexity index is 1260. The van der Waals surface area contributed by atoms with Crippen molar-refractivity contribution in [3.05, 3.63) is 36.2 Å². The molecule has 1 unspecified atom stereocenters. The van der Waals surface area contributed by atoms with E-state index >= 15 is 0 Å². The lowest BCUT2D eigenvalue weighted by atomic mass is 10.3. The number of hydrogen-bond acceptors (Lipinski definition) is 11. The number of pyridine rings is 1. The molecule has 0 bridgehead atoms. The number of alkyl halides is 2. The largest absolute Gasteiger partial charge is 0.609 e. The Kier molecular flexibility index (Phi) is 10.4. The van der Waals surface area contributed by atoms with Gasteiger partial charge in [0.1, 0.15) is 18.1 Å². The fraction of sp³-hybridized carbons (Fsp3) is 0.391. The first-order chi connectivity index (χ1) is 18.3. The third-order valence-corrected chi connectivity index (χ3v) is 6.16. The van der Waals surface area contributed by atoms with Gasteiger partial charge in [-0.3, -0.25) is 9.78 Å². The summed E-state index contributed by atoms with van der Waals surface area (Å²) in [5, 5.41) is 2.67. The van der Waals surface area contributed by atoms with E-state index in [2.05, 4.69) is 24.8 Å². The van der Waals surface area contributed by atoms with E-state index in [4.69, 9.17) is 14.2 Å². The van der Waals surface area contributed by atoms with E-state index in [0.717, 1.165) is 4.57 Å². The first kappa shape index (κ1) is 28.9. The Morgan fingerprint density at radius 3 is 2.66 bits per heavy atom. The van der Waals surface area contributed by atoms with Gasteiger partial charge < -0.3 is 33.6 Å². The van der Waals surface area contributed by atoms with E-state index < -0.39 is 29.8 Å². The molecular weight excluding hydrogens is 530 g/mol. The molecule has 0 fully saturated rings. The number of rotatable bonds is 13. The zero-order valence-corrected chi connectivity index (χ0v) is 21.6. The molecule has 0 amide bonds. The molecule has 0 aliphatic carbocycles. The number of carbonyl (C=O) groups is 2. The summed E-state index contributed by atoms with van der Waals surface area (Å²) < 4.78 is 64.6. The second-order valence-electron chi connectivity index (χ2n) is 7.34. The molecule has 38 heavy (non-hydrogen) atoms. The van der Waals surface area contributed by atoms with E-state index in [1.54, 1.807) is 13.0 Å². The molecule has 0 radical (unpaired) electrons. The highest BCUT2D eigenvalue weighted by Gasteiger charge is 2.29. The number of halogens is 2. The summed E-state index contributed by atoms with van der Waals surface area (Å²) in [4.78, 5) is 33.0. The van der Waals surface area contributed by atoms with Gasteiger partial charge in [-0.15, -0.1) is 0 Å². The number of benzene rings is 1. The third kappa shape index (κ3) is 7.20. The van der Waals surface area contributed by atoms with Crippen molar-refractivity contribution >= 4 is 34.3 Å². The fourth-order valence-electron chi connectivity index (χ4n) is 3.39. The first-order valence-electron chi connectivity index (χ1n) is 11.2. The summed E-state index contributed by atoms with van der Waals surface area (Å²) >= 11 is -1.93. The average Bonchev–Trinajstić information content (AvgIpc) is 3.27. The topological polar surface area (TPSA) is 146 Å². The number of nitrogens with one attached hydrogen (secondary N) is 1. The van der Waals surface area contributed by atoms with Gasteiger partial charge in [0.05, 0.1) is 38.4 Å². The molecule has 1 aromatic carbocycles. The first-order valence-corrected chi connectivity index (χ1v) is 12.6. The standard InChI is InChI=1S/C23H26F2N4O8S/c1-4-35-23(31)36-10-9-26-12-19(30)29-17-11-14(37-21(24)25)5-6-15(17)28-22(29)38(32)13-16-20(34-3)18(33-2)7-8-27-16/h5-8,11,21,26H,4,9-10,12-13H2,1-3H3. The van der Waals surface area contributed by atoms with Crippen LogP contribution in [-0.2, 0) is 26.4 Å². The van der Waals surface area contributed by atoms with Crippen LogP contribution in [-0.4, -0.2) is 78.3 Å². The minimum Gasteiger partial charge on any atom is -0.609 e. The van der Waals surface area contributed by atoms with Crippen molar-refractivity contribution < 1.29 is 46.6 Å². The van der Waals surface area contributed by atoms with Gasteiger partial charge >= 0.3 is 17.9 Å². The maximum atomic E-state index is 13.4. The van der Waals surface area contributed by atoms with Crippen molar-refractivity contribution in [3.8, 4) is 17.2 Å².